The van der Waals surface area contributed by atoms with E-state index in [0.717, 1.165) is 28.4 Å². The van der Waals surface area contributed by atoms with Crippen LogP contribution in [-0.4, -0.2) is 35.3 Å². The standard InChI is InChI=1S/C26H27BrN2O3/c1-4-22(18-10-12-19(13-11-18)25(31)32-3)29-24(30)23(20-8-5-9-21(27)15-20)28-26(29)14-6-7-17(2)16-26/h5-13,15,17,22H,4,14,16H2,1-3H3/t17?,22-,26?/m1/s1. The van der Waals surface area contributed by atoms with E-state index < -0.39 is 5.66 Å². The molecular formula is C26H27BrN2O3. The van der Waals surface area contributed by atoms with Crippen LogP contribution in [0.25, 0.3) is 0 Å². The summed E-state index contributed by atoms with van der Waals surface area (Å²) in [6.07, 6.45) is 6.56. The second-order valence-corrected chi connectivity index (χ2v) is 9.40. The van der Waals surface area contributed by atoms with Crippen LogP contribution in [-0.2, 0) is 9.53 Å². The zero-order chi connectivity index (χ0) is 22.9. The van der Waals surface area contributed by atoms with Gasteiger partial charge in [0.1, 0.15) is 11.4 Å². The van der Waals surface area contributed by atoms with Gasteiger partial charge >= 0.3 is 5.97 Å². The van der Waals surface area contributed by atoms with Crippen molar-refractivity contribution in [2.75, 3.05) is 7.11 Å². The van der Waals surface area contributed by atoms with Gasteiger partial charge in [0.15, 0.2) is 0 Å². The van der Waals surface area contributed by atoms with Crippen LogP contribution in [0.15, 0.2) is 70.1 Å². The second-order valence-electron chi connectivity index (χ2n) is 8.48. The molecule has 0 saturated carbocycles. The third-order valence-corrected chi connectivity index (χ3v) is 6.75. The fraction of sp³-hybridized carbons (Fsp3) is 0.346. The average molecular weight is 495 g/mol. The molecule has 6 heteroatoms. The quantitative estimate of drug-likeness (QED) is 0.395. The van der Waals surface area contributed by atoms with Crippen LogP contribution in [0.1, 0.15) is 60.6 Å². The van der Waals surface area contributed by atoms with Gasteiger partial charge in [-0.25, -0.2) is 4.79 Å². The molecular weight excluding hydrogens is 468 g/mol. The molecule has 0 fully saturated rings. The van der Waals surface area contributed by atoms with Crippen molar-refractivity contribution in [3.8, 4) is 0 Å². The normalized spacial score (nSPS) is 23.4. The van der Waals surface area contributed by atoms with Gasteiger partial charge in [0.2, 0.25) is 0 Å². The molecule has 2 aromatic rings. The Kier molecular flexibility index (Phi) is 6.33. The van der Waals surface area contributed by atoms with Crippen LogP contribution >= 0.6 is 15.9 Å². The minimum atomic E-state index is -0.607. The lowest BCUT2D eigenvalue weighted by Gasteiger charge is -2.43. The van der Waals surface area contributed by atoms with Gasteiger partial charge in [-0.2, -0.15) is 0 Å². The fourth-order valence-electron chi connectivity index (χ4n) is 4.84. The second kappa shape index (κ2) is 9.02. The van der Waals surface area contributed by atoms with E-state index in [1.165, 1.54) is 7.11 Å². The number of allylic oxidation sites excluding steroid dienone is 1. The molecule has 166 valence electrons. The highest BCUT2D eigenvalue weighted by Gasteiger charge is 2.50. The van der Waals surface area contributed by atoms with Crippen LogP contribution in [0.5, 0.6) is 0 Å². The molecule has 1 heterocycles. The number of amides is 1. The molecule has 2 aliphatic rings. The molecule has 0 N–H and O–H groups in total. The SMILES string of the molecule is CC[C@H](c1ccc(C(=O)OC)cc1)N1C(=O)C(c2cccc(Br)c2)=NC12CC=CC(C)C2. The molecule has 0 radical (unpaired) electrons. The van der Waals surface area contributed by atoms with Crippen LogP contribution < -0.4 is 0 Å². The maximum absolute atomic E-state index is 13.9. The highest BCUT2D eigenvalue weighted by molar-refractivity contribution is 9.10. The number of rotatable bonds is 5. The van der Waals surface area contributed by atoms with Gasteiger partial charge < -0.3 is 9.64 Å². The predicted octanol–water partition coefficient (Wildman–Crippen LogP) is 5.70. The van der Waals surface area contributed by atoms with Crippen molar-refractivity contribution < 1.29 is 14.3 Å². The van der Waals surface area contributed by atoms with E-state index in [2.05, 4.69) is 41.9 Å². The van der Waals surface area contributed by atoms with E-state index in [4.69, 9.17) is 9.73 Å². The van der Waals surface area contributed by atoms with E-state index >= 15 is 0 Å². The van der Waals surface area contributed by atoms with Gasteiger partial charge in [-0.15, -0.1) is 0 Å². The lowest BCUT2D eigenvalue weighted by atomic mass is 9.85. The van der Waals surface area contributed by atoms with Crippen molar-refractivity contribution in [1.82, 2.24) is 4.90 Å². The Hall–Kier alpha value is -2.73. The van der Waals surface area contributed by atoms with Crippen molar-refractivity contribution in [3.05, 3.63) is 81.8 Å². The van der Waals surface area contributed by atoms with Gasteiger partial charge in [-0.1, -0.05) is 66.2 Å². The molecule has 2 aromatic carbocycles. The summed E-state index contributed by atoms with van der Waals surface area (Å²) in [5, 5.41) is 0. The number of aliphatic imine (C=N–C) groups is 1. The minimum absolute atomic E-state index is 0.0468. The first-order valence-electron chi connectivity index (χ1n) is 10.9. The number of carbonyl (C=O) groups is 2. The summed E-state index contributed by atoms with van der Waals surface area (Å²) in [5.74, 6) is -0.0943. The maximum atomic E-state index is 13.9. The molecule has 4 rings (SSSR count). The van der Waals surface area contributed by atoms with Gasteiger partial charge in [-0.05, 0) is 48.6 Å². The summed E-state index contributed by atoms with van der Waals surface area (Å²) >= 11 is 3.52. The Labute approximate surface area is 197 Å². The van der Waals surface area contributed by atoms with E-state index in [9.17, 15) is 9.59 Å². The number of benzene rings is 2. The first kappa shape index (κ1) is 22.5. The highest BCUT2D eigenvalue weighted by Crippen LogP contribution is 2.45. The Morgan fingerprint density at radius 2 is 2.03 bits per heavy atom. The topological polar surface area (TPSA) is 59.0 Å². The molecule has 2 unspecified atom stereocenters. The molecule has 0 aromatic heterocycles. The summed E-state index contributed by atoms with van der Waals surface area (Å²) in [4.78, 5) is 32.8. The third kappa shape index (κ3) is 4.04. The molecule has 1 spiro atoms. The predicted molar refractivity (Wildman–Crippen MR) is 129 cm³/mol. The van der Waals surface area contributed by atoms with Crippen LogP contribution in [0.2, 0.25) is 0 Å². The largest absolute Gasteiger partial charge is 0.465 e. The average Bonchev–Trinajstić information content (AvgIpc) is 3.06. The zero-order valence-electron chi connectivity index (χ0n) is 18.5. The van der Waals surface area contributed by atoms with Gasteiger partial charge in [0, 0.05) is 16.5 Å². The van der Waals surface area contributed by atoms with Crippen molar-refractivity contribution in [3.63, 3.8) is 0 Å². The van der Waals surface area contributed by atoms with E-state index in [-0.39, 0.29) is 17.9 Å². The Morgan fingerprint density at radius 3 is 2.66 bits per heavy atom. The van der Waals surface area contributed by atoms with Crippen LogP contribution in [0.4, 0.5) is 0 Å². The number of methoxy groups -OCH3 is 1. The molecule has 0 saturated heterocycles. The molecule has 5 nitrogen and oxygen atoms in total. The first-order chi connectivity index (χ1) is 15.4. The number of ether oxygens (including phenoxy) is 1. The number of esters is 1. The van der Waals surface area contributed by atoms with Crippen LogP contribution in [0.3, 0.4) is 0 Å². The van der Waals surface area contributed by atoms with E-state index in [1.807, 2.05) is 41.3 Å². The minimum Gasteiger partial charge on any atom is -0.465 e. The molecule has 32 heavy (non-hydrogen) atoms. The lowest BCUT2D eigenvalue weighted by molar-refractivity contribution is -0.132. The summed E-state index contributed by atoms with van der Waals surface area (Å²) in [6.45, 7) is 4.25. The van der Waals surface area contributed by atoms with Crippen molar-refractivity contribution >= 4 is 33.5 Å². The number of hydrogen-bond acceptors (Lipinski definition) is 4. The molecule has 1 aliphatic heterocycles. The number of hydrogen-bond donors (Lipinski definition) is 0. The van der Waals surface area contributed by atoms with E-state index in [1.54, 1.807) is 12.1 Å². The summed E-state index contributed by atoms with van der Waals surface area (Å²) in [7, 11) is 1.37. The van der Waals surface area contributed by atoms with Gasteiger partial charge in [0.25, 0.3) is 5.91 Å². The monoisotopic (exact) mass is 494 g/mol. The molecule has 0 bridgehead atoms. The summed E-state index contributed by atoms with van der Waals surface area (Å²) in [6, 6.07) is 15.0. The molecule has 3 atom stereocenters. The molecule has 1 amide bonds. The smallest absolute Gasteiger partial charge is 0.337 e. The number of carbonyl (C=O) groups excluding carboxylic acids is 2. The summed E-state index contributed by atoms with van der Waals surface area (Å²) in [5.41, 5.74) is 2.21. The van der Waals surface area contributed by atoms with Gasteiger partial charge in [-0.3, -0.25) is 9.79 Å². The van der Waals surface area contributed by atoms with E-state index in [0.29, 0.717) is 23.6 Å². The van der Waals surface area contributed by atoms with Crippen molar-refractivity contribution in [2.45, 2.75) is 44.8 Å². The fourth-order valence-corrected chi connectivity index (χ4v) is 5.24. The molecule has 1 aliphatic carbocycles. The summed E-state index contributed by atoms with van der Waals surface area (Å²) < 4.78 is 5.74. The maximum Gasteiger partial charge on any atom is 0.337 e. The number of nitrogens with zero attached hydrogens (tertiary/aromatic N) is 2. The first-order valence-corrected chi connectivity index (χ1v) is 11.7. The number of halogens is 1. The Bertz CT molecular complexity index is 1090. The van der Waals surface area contributed by atoms with Crippen molar-refractivity contribution in [1.29, 1.82) is 0 Å². The van der Waals surface area contributed by atoms with Crippen LogP contribution in [0, 0.1) is 5.92 Å². The highest BCUT2D eigenvalue weighted by atomic mass is 79.9. The lowest BCUT2D eigenvalue weighted by Crippen LogP contribution is -2.50. The van der Waals surface area contributed by atoms with Crippen molar-refractivity contribution in [2.24, 2.45) is 10.9 Å². The third-order valence-electron chi connectivity index (χ3n) is 6.26. The van der Waals surface area contributed by atoms with Gasteiger partial charge in [0.05, 0.1) is 18.7 Å². The Balaban J connectivity index is 1.77. The zero-order valence-corrected chi connectivity index (χ0v) is 20.1. The Morgan fingerprint density at radius 1 is 1.28 bits per heavy atom.